The number of hydrogen-bond acceptors (Lipinski definition) is 4. The number of nitrogens with zero attached hydrogens (tertiary/aromatic N) is 2. The quantitative estimate of drug-likeness (QED) is 0.529. The highest BCUT2D eigenvalue weighted by Gasteiger charge is 2.60. The minimum atomic E-state index is 0.167. The monoisotopic (exact) mass is 400 g/mol. The summed E-state index contributed by atoms with van der Waals surface area (Å²) in [6.07, 6.45) is 11.3. The Kier molecular flexibility index (Phi) is 4.80. The van der Waals surface area contributed by atoms with Gasteiger partial charge in [0, 0.05) is 19.0 Å². The van der Waals surface area contributed by atoms with E-state index in [2.05, 4.69) is 30.0 Å². The highest BCUT2D eigenvalue weighted by Crippen LogP contribution is 2.66. The Bertz CT molecular complexity index is 740. The van der Waals surface area contributed by atoms with E-state index in [9.17, 15) is 10.0 Å². The fraction of sp³-hybridized carbons (Fsp3) is 0.833. The molecule has 0 aromatic heterocycles. The first-order valence-corrected chi connectivity index (χ1v) is 11.8. The summed E-state index contributed by atoms with van der Waals surface area (Å²) in [6.45, 7) is 7.82. The zero-order valence-corrected chi connectivity index (χ0v) is 18.0. The molecule has 5 rings (SSSR count). The molecule has 0 radical (unpaired) electrons. The van der Waals surface area contributed by atoms with E-state index in [0.29, 0.717) is 25.0 Å². The third kappa shape index (κ3) is 2.90. The first-order chi connectivity index (χ1) is 14.0. The molecule has 0 spiro atoms. The van der Waals surface area contributed by atoms with Crippen molar-refractivity contribution in [1.29, 1.82) is 0 Å². The van der Waals surface area contributed by atoms with Crippen molar-refractivity contribution in [2.75, 3.05) is 26.3 Å². The van der Waals surface area contributed by atoms with E-state index >= 15 is 0 Å². The minimum absolute atomic E-state index is 0.167. The van der Waals surface area contributed by atoms with E-state index in [4.69, 9.17) is 4.74 Å². The molecular formula is C24H36N2O3. The van der Waals surface area contributed by atoms with Crippen LogP contribution in [0.3, 0.4) is 0 Å². The van der Waals surface area contributed by atoms with Crippen LogP contribution in [0.1, 0.15) is 65.2 Å². The summed E-state index contributed by atoms with van der Waals surface area (Å²) in [4.78, 5) is 15.5. The third-order valence-electron chi connectivity index (χ3n) is 9.73. The average molecular weight is 401 g/mol. The van der Waals surface area contributed by atoms with Crippen LogP contribution in [-0.4, -0.2) is 48.0 Å². The molecule has 3 saturated carbocycles. The van der Waals surface area contributed by atoms with E-state index in [1.54, 1.807) is 0 Å². The molecule has 29 heavy (non-hydrogen) atoms. The van der Waals surface area contributed by atoms with Crippen LogP contribution in [-0.2, 0) is 9.53 Å². The Balaban J connectivity index is 1.38. The fourth-order valence-corrected chi connectivity index (χ4v) is 8.06. The lowest BCUT2D eigenvalue weighted by molar-refractivity contribution is -0.146. The zero-order valence-electron chi connectivity index (χ0n) is 18.0. The molecule has 5 heteroatoms. The molecule has 1 heterocycles. The Morgan fingerprint density at radius 1 is 1.10 bits per heavy atom. The van der Waals surface area contributed by atoms with E-state index in [1.807, 2.05) is 0 Å². The van der Waals surface area contributed by atoms with Crippen molar-refractivity contribution in [3.05, 3.63) is 11.6 Å². The van der Waals surface area contributed by atoms with Crippen molar-refractivity contribution in [2.45, 2.75) is 65.2 Å². The molecule has 5 nitrogen and oxygen atoms in total. The van der Waals surface area contributed by atoms with Gasteiger partial charge in [-0.1, -0.05) is 24.6 Å². The molecule has 1 amide bonds. The van der Waals surface area contributed by atoms with E-state index in [1.165, 1.54) is 31.3 Å². The van der Waals surface area contributed by atoms with Crippen molar-refractivity contribution in [1.82, 2.24) is 4.90 Å². The van der Waals surface area contributed by atoms with Crippen LogP contribution in [0, 0.1) is 34.5 Å². The summed E-state index contributed by atoms with van der Waals surface area (Å²) < 4.78 is 5.47. The molecule has 1 N–H and O–H groups in total. The Labute approximate surface area is 174 Å². The summed E-state index contributed by atoms with van der Waals surface area (Å²) in [5.41, 5.74) is 2.79. The van der Waals surface area contributed by atoms with Gasteiger partial charge in [0.1, 0.15) is 0 Å². The van der Waals surface area contributed by atoms with Gasteiger partial charge in [-0.3, -0.25) is 4.79 Å². The minimum Gasteiger partial charge on any atom is -0.411 e. The summed E-state index contributed by atoms with van der Waals surface area (Å²) in [7, 11) is 0. The van der Waals surface area contributed by atoms with Gasteiger partial charge >= 0.3 is 0 Å². The number of oxime groups is 1. The Morgan fingerprint density at radius 3 is 2.66 bits per heavy atom. The lowest BCUT2D eigenvalue weighted by Crippen LogP contribution is -2.53. The summed E-state index contributed by atoms with van der Waals surface area (Å²) in [6, 6.07) is 0. The predicted octanol–water partition coefficient (Wildman–Crippen LogP) is 4.25. The molecule has 160 valence electrons. The molecule has 4 aliphatic carbocycles. The van der Waals surface area contributed by atoms with Gasteiger partial charge in [-0.05, 0) is 86.0 Å². The molecule has 0 aromatic carbocycles. The lowest BCUT2D eigenvalue weighted by Gasteiger charge is -2.58. The number of carbonyl (C=O) groups excluding carboxylic acids is 1. The van der Waals surface area contributed by atoms with E-state index in [0.717, 1.165) is 56.3 Å². The van der Waals surface area contributed by atoms with Crippen LogP contribution >= 0.6 is 0 Å². The largest absolute Gasteiger partial charge is 0.411 e. The number of rotatable bonds is 1. The number of ether oxygens (including phenoxy) is 1. The predicted molar refractivity (Wildman–Crippen MR) is 112 cm³/mol. The number of amides is 1. The van der Waals surface area contributed by atoms with Gasteiger partial charge in [-0.25, -0.2) is 0 Å². The maximum Gasteiger partial charge on any atom is 0.226 e. The first kappa shape index (κ1) is 19.6. The van der Waals surface area contributed by atoms with E-state index < -0.39 is 0 Å². The summed E-state index contributed by atoms with van der Waals surface area (Å²) in [5.74, 6) is 2.75. The first-order valence-electron chi connectivity index (χ1n) is 11.8. The molecule has 6 atom stereocenters. The molecule has 0 aromatic rings. The number of fused-ring (bicyclic) bond motifs is 5. The normalized spacial score (nSPS) is 45.9. The average Bonchev–Trinajstić information content (AvgIpc) is 3.10. The maximum atomic E-state index is 13.4. The van der Waals surface area contributed by atoms with Crippen LogP contribution in [0.2, 0.25) is 0 Å². The van der Waals surface area contributed by atoms with Gasteiger partial charge in [0.05, 0.1) is 18.9 Å². The van der Waals surface area contributed by atoms with Crippen LogP contribution in [0.25, 0.3) is 0 Å². The third-order valence-corrected chi connectivity index (χ3v) is 9.73. The second-order valence-corrected chi connectivity index (χ2v) is 10.7. The lowest BCUT2D eigenvalue weighted by atomic mass is 9.47. The van der Waals surface area contributed by atoms with Gasteiger partial charge in [-0.15, -0.1) is 0 Å². The maximum absolute atomic E-state index is 13.4. The molecular weight excluding hydrogens is 364 g/mol. The number of hydrogen-bond donors (Lipinski definition) is 1. The Hall–Kier alpha value is -1.36. The molecule has 0 bridgehead atoms. The summed E-state index contributed by atoms with van der Waals surface area (Å²) >= 11 is 0. The van der Waals surface area contributed by atoms with Crippen molar-refractivity contribution in [2.24, 2.45) is 39.7 Å². The highest BCUT2D eigenvalue weighted by molar-refractivity contribution is 5.96. The molecule has 4 fully saturated rings. The van der Waals surface area contributed by atoms with Gasteiger partial charge < -0.3 is 14.8 Å². The highest BCUT2D eigenvalue weighted by atomic mass is 16.5. The summed E-state index contributed by atoms with van der Waals surface area (Å²) in [5, 5.41) is 12.7. The van der Waals surface area contributed by atoms with Gasteiger partial charge in [0.15, 0.2) is 0 Å². The number of carbonyl (C=O) groups is 1. The van der Waals surface area contributed by atoms with Crippen molar-refractivity contribution >= 4 is 11.6 Å². The van der Waals surface area contributed by atoms with Crippen LogP contribution in [0.4, 0.5) is 0 Å². The molecule has 3 unspecified atom stereocenters. The fourth-order valence-electron chi connectivity index (χ4n) is 8.06. The molecule has 1 saturated heterocycles. The van der Waals surface area contributed by atoms with Crippen LogP contribution < -0.4 is 0 Å². The second-order valence-electron chi connectivity index (χ2n) is 10.7. The van der Waals surface area contributed by atoms with Crippen molar-refractivity contribution in [3.63, 3.8) is 0 Å². The van der Waals surface area contributed by atoms with Crippen LogP contribution in [0.5, 0.6) is 0 Å². The smallest absolute Gasteiger partial charge is 0.226 e. The standard InChI is InChI=1S/C24H36N2O3/c1-23-9-7-17(25-28)15-16(23)3-4-18-19-5-6-21(24(19,2)10-8-20(18)23)22(27)26-11-13-29-14-12-26/h15,18-21,28H,3-14H2,1-2H3/b25-17+/t18?,19?,20?,21-,23+,24+/m1/s1. The van der Waals surface area contributed by atoms with Crippen molar-refractivity contribution < 1.29 is 14.7 Å². The van der Waals surface area contributed by atoms with E-state index in [-0.39, 0.29) is 16.7 Å². The van der Waals surface area contributed by atoms with Gasteiger partial charge in [-0.2, -0.15) is 0 Å². The van der Waals surface area contributed by atoms with Gasteiger partial charge in [0.25, 0.3) is 0 Å². The number of allylic oxidation sites excluding steroid dienone is 2. The second kappa shape index (κ2) is 7.11. The topological polar surface area (TPSA) is 62.1 Å². The zero-order chi connectivity index (χ0) is 20.2. The molecule has 1 aliphatic heterocycles. The van der Waals surface area contributed by atoms with Crippen LogP contribution in [0.15, 0.2) is 16.8 Å². The van der Waals surface area contributed by atoms with Crippen molar-refractivity contribution in [3.8, 4) is 0 Å². The molecule has 5 aliphatic rings. The van der Waals surface area contributed by atoms with Gasteiger partial charge in [0.2, 0.25) is 5.91 Å². The number of morpholine rings is 1. The Morgan fingerprint density at radius 2 is 1.90 bits per heavy atom. The SMILES string of the molecule is C[C@]12CC/C(=N\O)C=C1CCC1C2CC[C@@]2(C)C1CC[C@@H]2C(=O)N1CCOCC1.